The first-order valence-electron chi connectivity index (χ1n) is 8.59. The molecule has 3 N–H and O–H groups in total. The fourth-order valence-electron chi connectivity index (χ4n) is 2.97. The van der Waals surface area contributed by atoms with Gasteiger partial charge in [0.05, 0.1) is 23.6 Å². The van der Waals surface area contributed by atoms with Crippen LogP contribution < -0.4 is 11.1 Å². The summed E-state index contributed by atoms with van der Waals surface area (Å²) in [6.07, 6.45) is -5.55. The highest BCUT2D eigenvalue weighted by molar-refractivity contribution is 6.02. The van der Waals surface area contributed by atoms with Crippen molar-refractivity contribution in [3.63, 3.8) is 0 Å². The molecular weight excluding hydrogens is 413 g/mol. The van der Waals surface area contributed by atoms with Gasteiger partial charge in [-0.3, -0.25) is 9.78 Å². The molecule has 160 valence electrons. The van der Waals surface area contributed by atoms with E-state index in [4.69, 9.17) is 5.73 Å². The molecule has 1 aromatic carbocycles. The highest BCUT2D eigenvalue weighted by Crippen LogP contribution is 2.41. The zero-order valence-corrected chi connectivity index (χ0v) is 15.5. The van der Waals surface area contributed by atoms with Gasteiger partial charge in [0.1, 0.15) is 18.2 Å². The third-order valence-corrected chi connectivity index (χ3v) is 4.45. The molecule has 2 aromatic rings. The lowest BCUT2D eigenvalue weighted by molar-refractivity contribution is -0.208. The maximum Gasteiger partial charge on any atom is 0.425 e. The number of amides is 1. The van der Waals surface area contributed by atoms with Crippen molar-refractivity contribution in [2.75, 3.05) is 5.32 Å². The SMILES string of the molecule is C[C@]1(c2cc(NC(=O)c3cnc(CF)cn3)ccc2F)C[C@@H](C(F)(F)F)OC(N)=N1. The molecule has 2 atom stereocenters. The second-order valence-electron chi connectivity index (χ2n) is 6.75. The van der Waals surface area contributed by atoms with Gasteiger partial charge in [0, 0.05) is 17.7 Å². The number of carbonyl (C=O) groups excluding carboxylic acids is 1. The first kappa shape index (κ1) is 21.4. The van der Waals surface area contributed by atoms with E-state index >= 15 is 0 Å². The van der Waals surface area contributed by atoms with Crippen LogP contribution in [0, 0.1) is 5.82 Å². The highest BCUT2D eigenvalue weighted by Gasteiger charge is 2.50. The number of amidine groups is 1. The Bertz CT molecular complexity index is 980. The number of carbonyl (C=O) groups is 1. The van der Waals surface area contributed by atoms with Crippen LogP contribution in [0.25, 0.3) is 0 Å². The number of aliphatic imine (C=N–C) groups is 1. The number of hydrogen-bond acceptors (Lipinski definition) is 6. The molecule has 30 heavy (non-hydrogen) atoms. The summed E-state index contributed by atoms with van der Waals surface area (Å²) in [5, 5.41) is 2.44. The van der Waals surface area contributed by atoms with Crippen molar-refractivity contribution in [3.05, 3.63) is 53.4 Å². The molecule has 0 bridgehead atoms. The summed E-state index contributed by atoms with van der Waals surface area (Å²) in [5.41, 5.74) is 3.49. The Balaban J connectivity index is 1.89. The van der Waals surface area contributed by atoms with Crippen LogP contribution in [0.2, 0.25) is 0 Å². The number of alkyl halides is 4. The Morgan fingerprint density at radius 3 is 2.67 bits per heavy atom. The Labute approximate surface area is 167 Å². The number of anilines is 1. The minimum atomic E-state index is -4.73. The van der Waals surface area contributed by atoms with E-state index in [-0.39, 0.29) is 22.6 Å². The quantitative estimate of drug-likeness (QED) is 0.727. The number of nitrogens with two attached hydrogens (primary N) is 1. The third kappa shape index (κ3) is 4.47. The molecule has 0 fully saturated rings. The lowest BCUT2D eigenvalue weighted by Crippen LogP contribution is -2.46. The highest BCUT2D eigenvalue weighted by atomic mass is 19.4. The van der Waals surface area contributed by atoms with Gasteiger partial charge in [-0.1, -0.05) is 0 Å². The summed E-state index contributed by atoms with van der Waals surface area (Å²) in [7, 11) is 0. The molecule has 1 amide bonds. The minimum absolute atomic E-state index is 0.0396. The van der Waals surface area contributed by atoms with Crippen LogP contribution in [-0.4, -0.2) is 34.2 Å². The van der Waals surface area contributed by atoms with Crippen molar-refractivity contribution in [1.82, 2.24) is 9.97 Å². The van der Waals surface area contributed by atoms with Crippen molar-refractivity contribution in [2.24, 2.45) is 10.7 Å². The average Bonchev–Trinajstić information content (AvgIpc) is 2.68. The van der Waals surface area contributed by atoms with E-state index in [0.717, 1.165) is 24.5 Å². The monoisotopic (exact) mass is 429 g/mol. The van der Waals surface area contributed by atoms with Gasteiger partial charge in [-0.05, 0) is 25.1 Å². The smallest absolute Gasteiger partial charge is 0.425 e. The summed E-state index contributed by atoms with van der Waals surface area (Å²) in [6.45, 7) is 0.438. The van der Waals surface area contributed by atoms with E-state index in [1.54, 1.807) is 0 Å². The number of nitrogens with one attached hydrogen (secondary N) is 1. The molecular formula is C18H16F5N5O2. The Morgan fingerprint density at radius 1 is 1.33 bits per heavy atom. The Kier molecular flexibility index (Phi) is 5.59. The van der Waals surface area contributed by atoms with Gasteiger partial charge >= 0.3 is 6.18 Å². The number of benzene rings is 1. The fourth-order valence-corrected chi connectivity index (χ4v) is 2.97. The van der Waals surface area contributed by atoms with Crippen LogP contribution in [0.15, 0.2) is 35.6 Å². The summed E-state index contributed by atoms with van der Waals surface area (Å²) in [4.78, 5) is 23.6. The van der Waals surface area contributed by atoms with Crippen molar-refractivity contribution < 1.29 is 31.5 Å². The van der Waals surface area contributed by atoms with Crippen molar-refractivity contribution in [3.8, 4) is 0 Å². The van der Waals surface area contributed by atoms with Crippen LogP contribution in [0.3, 0.4) is 0 Å². The molecule has 7 nitrogen and oxygen atoms in total. The lowest BCUT2D eigenvalue weighted by Gasteiger charge is -2.36. The number of halogens is 5. The predicted molar refractivity (Wildman–Crippen MR) is 95.7 cm³/mol. The van der Waals surface area contributed by atoms with Gasteiger partial charge in [-0.15, -0.1) is 0 Å². The van der Waals surface area contributed by atoms with Gasteiger partial charge in [0.2, 0.25) is 0 Å². The molecule has 0 saturated heterocycles. The first-order valence-corrected chi connectivity index (χ1v) is 8.59. The van der Waals surface area contributed by atoms with Crippen molar-refractivity contribution in [2.45, 2.75) is 37.8 Å². The topological polar surface area (TPSA) is 102 Å². The third-order valence-electron chi connectivity index (χ3n) is 4.45. The molecule has 0 spiro atoms. The van der Waals surface area contributed by atoms with E-state index in [1.807, 2.05) is 0 Å². The number of hydrogen-bond donors (Lipinski definition) is 2. The van der Waals surface area contributed by atoms with E-state index in [2.05, 4.69) is 25.0 Å². The minimum Gasteiger partial charge on any atom is -0.452 e. The molecule has 1 aromatic heterocycles. The average molecular weight is 429 g/mol. The molecule has 2 heterocycles. The summed E-state index contributed by atoms with van der Waals surface area (Å²) >= 11 is 0. The molecule has 1 aliphatic rings. The summed E-state index contributed by atoms with van der Waals surface area (Å²) < 4.78 is 71.0. The van der Waals surface area contributed by atoms with Gasteiger partial charge < -0.3 is 15.8 Å². The van der Waals surface area contributed by atoms with E-state index < -0.39 is 48.7 Å². The Morgan fingerprint density at radius 2 is 2.07 bits per heavy atom. The van der Waals surface area contributed by atoms with Crippen LogP contribution in [0.4, 0.5) is 27.6 Å². The molecule has 1 aliphatic heterocycles. The number of rotatable bonds is 4. The first-order chi connectivity index (χ1) is 14.0. The van der Waals surface area contributed by atoms with Gasteiger partial charge in [-0.25, -0.2) is 18.8 Å². The number of aromatic nitrogens is 2. The van der Waals surface area contributed by atoms with Crippen LogP contribution in [0.5, 0.6) is 0 Å². The van der Waals surface area contributed by atoms with Gasteiger partial charge in [0.25, 0.3) is 11.9 Å². The fraction of sp³-hybridized carbons (Fsp3) is 0.333. The molecule has 12 heteroatoms. The lowest BCUT2D eigenvalue weighted by atomic mass is 9.85. The maximum absolute atomic E-state index is 14.5. The second-order valence-corrected chi connectivity index (χ2v) is 6.75. The van der Waals surface area contributed by atoms with Gasteiger partial charge in [0.15, 0.2) is 6.10 Å². The Hall–Kier alpha value is -3.31. The van der Waals surface area contributed by atoms with Crippen LogP contribution >= 0.6 is 0 Å². The largest absolute Gasteiger partial charge is 0.452 e. The normalized spacial score (nSPS) is 21.5. The molecule has 3 rings (SSSR count). The van der Waals surface area contributed by atoms with E-state index in [0.29, 0.717) is 0 Å². The number of ether oxygens (including phenoxy) is 1. The molecule has 0 saturated carbocycles. The second kappa shape index (κ2) is 7.84. The standard InChI is InChI=1S/C18H16F5N5O2/c1-17(5-14(18(21,22)23)30-16(24)28-17)11-4-9(2-3-12(11)20)27-15(29)13-8-25-10(6-19)7-26-13/h2-4,7-8,14H,5-6H2,1H3,(H2,24,28)(H,27,29)/t14-,17+/m0/s1. The maximum atomic E-state index is 14.5. The number of nitrogens with zero attached hydrogens (tertiary/aromatic N) is 3. The summed E-state index contributed by atoms with van der Waals surface area (Å²) in [5.74, 6) is -1.55. The van der Waals surface area contributed by atoms with Crippen LogP contribution in [0.1, 0.15) is 35.1 Å². The zero-order chi connectivity index (χ0) is 22.1. The zero-order valence-electron chi connectivity index (χ0n) is 15.5. The molecule has 0 aliphatic carbocycles. The van der Waals surface area contributed by atoms with Crippen molar-refractivity contribution >= 4 is 17.6 Å². The molecule has 0 radical (unpaired) electrons. The van der Waals surface area contributed by atoms with Crippen LogP contribution in [-0.2, 0) is 17.0 Å². The van der Waals surface area contributed by atoms with E-state index in [1.165, 1.54) is 13.0 Å². The van der Waals surface area contributed by atoms with E-state index in [9.17, 15) is 26.7 Å². The predicted octanol–water partition coefficient (Wildman–Crippen LogP) is 3.22. The van der Waals surface area contributed by atoms with Gasteiger partial charge in [-0.2, -0.15) is 13.2 Å². The van der Waals surface area contributed by atoms with Crippen molar-refractivity contribution in [1.29, 1.82) is 0 Å². The summed E-state index contributed by atoms with van der Waals surface area (Å²) in [6, 6.07) is 2.64. The molecule has 0 unspecified atom stereocenters.